The van der Waals surface area contributed by atoms with Gasteiger partial charge in [-0.25, -0.2) is 0 Å². The molecule has 5 aromatic carbocycles. The maximum atomic E-state index is 16.7. The second-order valence-corrected chi connectivity index (χ2v) is 20.3. The van der Waals surface area contributed by atoms with Crippen LogP contribution in [0.15, 0.2) is 115 Å². The molecule has 1 N–H and O–H groups in total. The van der Waals surface area contributed by atoms with Gasteiger partial charge in [0.05, 0.1) is 53.6 Å². The number of aliphatic hydroxyl groups is 1. The molecule has 0 radical (unpaired) electrons. The molecular weight excluding hydrogens is 784 g/mol. The molecule has 4 heterocycles. The second-order valence-electron chi connectivity index (χ2n) is 16.5. The summed E-state index contributed by atoms with van der Waals surface area (Å²) in [6, 6.07) is 32.9. The van der Waals surface area contributed by atoms with Gasteiger partial charge in [-0.1, -0.05) is 67.6 Å². The van der Waals surface area contributed by atoms with Crippen LogP contribution in [0.1, 0.15) is 46.0 Å². The monoisotopic (exact) mass is 826 g/mol. The standard InChI is InChI=1S/C46H43FN4O8Si/c1-28-43(60(2,3)47)41(24-42(53)48-26-31-11-5-4-10-30(31)22-34(48)27-52)59-46(28)36-23-33(51(56)57)20-21-37(36)49(45(46)55)25-29-16-18-32(19-17-29)50-38-13-7-9-15-40(38)58-39-14-8-6-12-35(39)44(50)54/h4-21,23,28,34,41,43,52H,22,24-27H2,1-3H3/t28-,34+,41+,43-,46+/m1/s1. The number of nitrogens with zero attached hydrogens (tertiary/aromatic N) is 4. The molecule has 14 heteroatoms. The molecule has 1 spiro atoms. The number of carbonyl (C=O) groups excluding carboxylic acids is 3. The van der Waals surface area contributed by atoms with Crippen LogP contribution < -0.4 is 14.5 Å². The van der Waals surface area contributed by atoms with Gasteiger partial charge in [-0.15, -0.1) is 0 Å². The fraction of sp³-hybridized carbons (Fsp3) is 0.283. The number of nitro groups is 1. The third kappa shape index (κ3) is 6.37. The number of non-ortho nitro benzene ring substituents is 1. The number of para-hydroxylation sites is 3. The Kier molecular flexibility index (Phi) is 9.68. The first-order chi connectivity index (χ1) is 28.8. The van der Waals surface area contributed by atoms with Crippen LogP contribution in [0.2, 0.25) is 18.6 Å². The molecule has 1 saturated heterocycles. The Labute approximate surface area is 347 Å². The van der Waals surface area contributed by atoms with Crippen molar-refractivity contribution in [1.82, 2.24) is 4.90 Å². The summed E-state index contributed by atoms with van der Waals surface area (Å²) in [6.45, 7) is 4.87. The summed E-state index contributed by atoms with van der Waals surface area (Å²) in [7, 11) is -3.70. The average Bonchev–Trinajstić information content (AvgIpc) is 3.61. The highest BCUT2D eigenvalue weighted by Gasteiger charge is 2.67. The second kappa shape index (κ2) is 14.8. The molecule has 60 heavy (non-hydrogen) atoms. The largest absolute Gasteiger partial charge is 0.454 e. The topological polar surface area (TPSA) is 143 Å². The lowest BCUT2D eigenvalue weighted by molar-refractivity contribution is -0.385. The molecule has 4 aliphatic heterocycles. The molecule has 1 fully saturated rings. The number of ether oxygens (including phenoxy) is 2. The van der Waals surface area contributed by atoms with Crippen molar-refractivity contribution >= 4 is 48.9 Å². The van der Waals surface area contributed by atoms with Crippen LogP contribution in [-0.4, -0.2) is 59.8 Å². The Morgan fingerprint density at radius 3 is 2.32 bits per heavy atom. The third-order valence-corrected chi connectivity index (χ3v) is 15.1. The summed E-state index contributed by atoms with van der Waals surface area (Å²) in [5, 5.41) is 22.5. The SMILES string of the molecule is C[C@@H]1[C@@H]([Si](C)(C)F)[C@H](CC(=O)N2Cc3ccccc3C[C@H]2CO)O[C@@]12C(=O)N(Cc1ccc(N3C(=O)c4ccccc4Oc4ccccc43)cc1)c1ccc([N+](=O)[O-])cc12. The minimum Gasteiger partial charge on any atom is -0.454 e. The van der Waals surface area contributed by atoms with E-state index in [-0.39, 0.29) is 49.2 Å². The number of carbonyl (C=O) groups is 3. The van der Waals surface area contributed by atoms with E-state index in [1.54, 1.807) is 77.4 Å². The molecule has 9 rings (SSSR count). The highest BCUT2D eigenvalue weighted by atomic mass is 28.4. The summed E-state index contributed by atoms with van der Waals surface area (Å²) in [6.07, 6.45) is -0.788. The average molecular weight is 827 g/mol. The maximum Gasteiger partial charge on any atom is 0.269 e. The Hall–Kier alpha value is -6.22. The van der Waals surface area contributed by atoms with Crippen molar-refractivity contribution in [3.8, 4) is 11.5 Å². The van der Waals surface area contributed by atoms with Crippen molar-refractivity contribution in [1.29, 1.82) is 0 Å². The van der Waals surface area contributed by atoms with E-state index in [2.05, 4.69) is 0 Å². The third-order valence-electron chi connectivity index (χ3n) is 12.6. The predicted molar refractivity (Wildman–Crippen MR) is 224 cm³/mol. The molecular formula is C46H43FN4O8Si. The van der Waals surface area contributed by atoms with Crippen molar-refractivity contribution < 1.29 is 38.0 Å². The summed E-state index contributed by atoms with van der Waals surface area (Å²) < 4.78 is 29.6. The van der Waals surface area contributed by atoms with E-state index in [0.717, 1.165) is 11.1 Å². The number of amides is 3. The summed E-state index contributed by atoms with van der Waals surface area (Å²) in [5.41, 5.74) is 1.98. The number of hydrogen-bond acceptors (Lipinski definition) is 8. The van der Waals surface area contributed by atoms with E-state index in [1.165, 1.54) is 36.2 Å². The Bertz CT molecular complexity index is 2560. The van der Waals surface area contributed by atoms with Gasteiger partial charge >= 0.3 is 0 Å². The molecule has 0 saturated carbocycles. The Balaban J connectivity index is 1.04. The molecule has 306 valence electrons. The number of rotatable bonds is 8. The highest BCUT2D eigenvalue weighted by Crippen LogP contribution is 2.61. The summed E-state index contributed by atoms with van der Waals surface area (Å²) in [5.74, 6) is -0.950. The van der Waals surface area contributed by atoms with E-state index < -0.39 is 48.4 Å². The van der Waals surface area contributed by atoms with Crippen LogP contribution in [0.4, 0.5) is 26.9 Å². The van der Waals surface area contributed by atoms with E-state index in [4.69, 9.17) is 9.47 Å². The highest BCUT2D eigenvalue weighted by molar-refractivity contribution is 6.72. The predicted octanol–water partition coefficient (Wildman–Crippen LogP) is 8.34. The number of aliphatic hydroxyl groups excluding tert-OH is 1. The van der Waals surface area contributed by atoms with Gasteiger partial charge in [-0.2, -0.15) is 0 Å². The molecule has 0 aromatic heterocycles. The Morgan fingerprint density at radius 2 is 1.60 bits per heavy atom. The van der Waals surface area contributed by atoms with E-state index >= 15 is 8.90 Å². The van der Waals surface area contributed by atoms with Crippen molar-refractivity contribution in [2.75, 3.05) is 16.4 Å². The van der Waals surface area contributed by atoms with Crippen LogP contribution in [-0.2, 0) is 39.4 Å². The number of nitro benzene ring substituents is 1. The fourth-order valence-electron chi connectivity index (χ4n) is 9.84. The van der Waals surface area contributed by atoms with Gasteiger partial charge in [0.2, 0.25) is 14.3 Å². The molecule has 0 bridgehead atoms. The van der Waals surface area contributed by atoms with Crippen LogP contribution in [0.25, 0.3) is 0 Å². The van der Waals surface area contributed by atoms with Gasteiger partial charge < -0.3 is 28.5 Å². The number of anilines is 3. The smallest absolute Gasteiger partial charge is 0.269 e. The first-order valence-electron chi connectivity index (χ1n) is 20.0. The van der Waals surface area contributed by atoms with E-state index in [9.17, 15) is 24.8 Å². The number of halogens is 1. The number of hydrogen-bond donors (Lipinski definition) is 1. The molecule has 0 unspecified atom stereocenters. The zero-order valence-corrected chi connectivity index (χ0v) is 34.3. The van der Waals surface area contributed by atoms with Gasteiger partial charge in [-0.3, -0.25) is 29.4 Å². The molecule has 0 aliphatic carbocycles. The molecule has 3 amide bonds. The minimum atomic E-state index is -3.70. The first-order valence-corrected chi connectivity index (χ1v) is 23.0. The lowest BCUT2D eigenvalue weighted by Crippen LogP contribution is -2.48. The van der Waals surface area contributed by atoms with Crippen molar-refractivity contribution in [3.05, 3.63) is 153 Å². The van der Waals surface area contributed by atoms with Gasteiger partial charge in [0.1, 0.15) is 5.75 Å². The molecule has 4 aliphatic rings. The molecule has 12 nitrogen and oxygen atoms in total. The number of fused-ring (bicyclic) bond motifs is 5. The van der Waals surface area contributed by atoms with Gasteiger partial charge in [-0.05, 0) is 78.7 Å². The van der Waals surface area contributed by atoms with Crippen LogP contribution in [0.5, 0.6) is 11.5 Å². The van der Waals surface area contributed by atoms with Crippen molar-refractivity contribution in [3.63, 3.8) is 0 Å². The van der Waals surface area contributed by atoms with Crippen LogP contribution >= 0.6 is 0 Å². The van der Waals surface area contributed by atoms with Crippen molar-refractivity contribution in [2.45, 2.75) is 69.2 Å². The minimum absolute atomic E-state index is 0.0360. The Morgan fingerprint density at radius 1 is 0.917 bits per heavy atom. The lowest BCUT2D eigenvalue weighted by Gasteiger charge is -2.37. The quantitative estimate of drug-likeness (QED) is 0.0713. The van der Waals surface area contributed by atoms with Gasteiger partial charge in [0, 0.05) is 41.4 Å². The number of benzene rings is 5. The van der Waals surface area contributed by atoms with E-state index in [0.29, 0.717) is 46.1 Å². The molecule has 5 aromatic rings. The zero-order chi connectivity index (χ0) is 42.1. The summed E-state index contributed by atoms with van der Waals surface area (Å²) >= 11 is 0. The summed E-state index contributed by atoms with van der Waals surface area (Å²) in [4.78, 5) is 59.7. The maximum absolute atomic E-state index is 16.7. The van der Waals surface area contributed by atoms with Crippen LogP contribution in [0, 0.1) is 16.0 Å². The first kappa shape index (κ1) is 39.2. The van der Waals surface area contributed by atoms with Crippen LogP contribution in [0.3, 0.4) is 0 Å². The van der Waals surface area contributed by atoms with E-state index in [1.807, 2.05) is 36.4 Å². The lowest BCUT2D eigenvalue weighted by atomic mass is 9.82. The molecule has 5 atom stereocenters. The van der Waals surface area contributed by atoms with Crippen molar-refractivity contribution in [2.24, 2.45) is 5.92 Å². The zero-order valence-electron chi connectivity index (χ0n) is 33.3. The van der Waals surface area contributed by atoms with Gasteiger partial charge in [0.15, 0.2) is 11.4 Å². The normalized spacial score (nSPS) is 23.1. The fourth-order valence-corrected chi connectivity index (χ4v) is 12.3. The van der Waals surface area contributed by atoms with Gasteiger partial charge in [0.25, 0.3) is 17.5 Å².